The molecular weight excluding hydrogens is 539 g/mol. The van der Waals surface area contributed by atoms with Crippen molar-refractivity contribution in [2.45, 2.75) is 13.0 Å². The summed E-state index contributed by atoms with van der Waals surface area (Å²) in [6.07, 6.45) is 3.12. The Bertz CT molecular complexity index is 1760. The van der Waals surface area contributed by atoms with Crippen LogP contribution >= 0.6 is 23.2 Å². The van der Waals surface area contributed by atoms with Gasteiger partial charge in [-0.3, -0.25) is 14.5 Å². The highest BCUT2D eigenvalue weighted by Gasteiger charge is 2.28. The van der Waals surface area contributed by atoms with Crippen LogP contribution in [0, 0.1) is 11.6 Å². The van der Waals surface area contributed by atoms with Gasteiger partial charge in [-0.15, -0.1) is 0 Å². The lowest BCUT2D eigenvalue weighted by Crippen LogP contribution is -2.25. The summed E-state index contributed by atoms with van der Waals surface area (Å²) in [6, 6.07) is 6.17. The number of nitrogens with two attached hydrogens (primary N) is 1. The van der Waals surface area contributed by atoms with Gasteiger partial charge in [0.15, 0.2) is 11.6 Å². The standard InChI is InChI=1S/C25H21Cl2F2N7O2/c1-11(13-4-3-7-32-23(13)30)31-8-9-38-22-17-20(34-25(27)35-24(17)37)19(29)16(18(22)26)15-14(28)6-5-12-10-33-36(2)21(12)15/h3-7,10-11,31H,8-9H2,1-2H3,(H2,30,32)(H,34,35,37)/t11-/m1/s1. The molecule has 3 heterocycles. The number of nitrogens with zero attached hydrogens (tertiary/aromatic N) is 4. The highest BCUT2D eigenvalue weighted by molar-refractivity contribution is 6.36. The van der Waals surface area contributed by atoms with E-state index in [2.05, 4.69) is 25.4 Å². The van der Waals surface area contributed by atoms with Gasteiger partial charge in [0.25, 0.3) is 5.56 Å². The number of H-pyrrole nitrogens is 1. The number of rotatable bonds is 7. The smallest absolute Gasteiger partial charge is 0.263 e. The van der Waals surface area contributed by atoms with Crippen LogP contribution in [0.2, 0.25) is 10.3 Å². The third-order valence-corrected chi connectivity index (χ3v) is 6.74. The van der Waals surface area contributed by atoms with Gasteiger partial charge in [0, 0.05) is 47.9 Å². The van der Waals surface area contributed by atoms with Crippen molar-refractivity contribution in [2.24, 2.45) is 7.05 Å². The number of hydrogen-bond acceptors (Lipinski definition) is 7. The largest absolute Gasteiger partial charge is 0.490 e. The van der Waals surface area contributed by atoms with E-state index in [9.17, 15) is 4.79 Å². The maximum atomic E-state index is 16.0. The first-order chi connectivity index (χ1) is 18.2. The van der Waals surface area contributed by atoms with Gasteiger partial charge < -0.3 is 15.8 Å². The minimum atomic E-state index is -1.02. The zero-order valence-corrected chi connectivity index (χ0v) is 21.7. The molecule has 13 heteroatoms. The number of hydrogen-bond donors (Lipinski definition) is 3. The topological polar surface area (TPSA) is 124 Å². The lowest BCUT2D eigenvalue weighted by molar-refractivity contribution is 0.310. The minimum Gasteiger partial charge on any atom is -0.490 e. The number of halogens is 4. The molecule has 0 saturated heterocycles. The Kier molecular flexibility index (Phi) is 6.91. The molecule has 0 spiro atoms. The molecule has 0 bridgehead atoms. The minimum absolute atomic E-state index is 0.0187. The van der Waals surface area contributed by atoms with Crippen LogP contribution in [0.5, 0.6) is 5.75 Å². The monoisotopic (exact) mass is 559 g/mol. The molecule has 0 aliphatic heterocycles. The number of anilines is 1. The zero-order valence-electron chi connectivity index (χ0n) is 20.2. The lowest BCUT2D eigenvalue weighted by atomic mass is 9.99. The van der Waals surface area contributed by atoms with E-state index in [1.807, 2.05) is 13.0 Å². The highest BCUT2D eigenvalue weighted by atomic mass is 35.5. The van der Waals surface area contributed by atoms with Crippen LogP contribution < -0.4 is 21.3 Å². The van der Waals surface area contributed by atoms with Crippen molar-refractivity contribution in [1.82, 2.24) is 30.0 Å². The molecule has 2 aromatic carbocycles. The second kappa shape index (κ2) is 10.2. The van der Waals surface area contributed by atoms with E-state index in [0.717, 1.165) is 5.56 Å². The average molecular weight is 560 g/mol. The van der Waals surface area contributed by atoms with Crippen LogP contribution in [0.3, 0.4) is 0 Å². The Morgan fingerprint density at radius 1 is 1.24 bits per heavy atom. The van der Waals surface area contributed by atoms with Crippen molar-refractivity contribution in [2.75, 3.05) is 18.9 Å². The summed E-state index contributed by atoms with van der Waals surface area (Å²) in [5, 5.41) is 7.06. The van der Waals surface area contributed by atoms with Gasteiger partial charge in [0.2, 0.25) is 5.28 Å². The average Bonchev–Trinajstić information content (AvgIpc) is 3.25. The number of nitrogens with one attached hydrogen (secondary N) is 2. The predicted octanol–water partition coefficient (Wildman–Crippen LogP) is 4.77. The van der Waals surface area contributed by atoms with E-state index < -0.39 is 22.7 Å². The summed E-state index contributed by atoms with van der Waals surface area (Å²) >= 11 is 12.6. The van der Waals surface area contributed by atoms with Gasteiger partial charge in [-0.2, -0.15) is 5.10 Å². The SMILES string of the molecule is C[C@@H](NCCOc1c(Cl)c(-c2c(F)ccc3cnn(C)c23)c(F)c2nc(Cl)[nH]c(=O)c12)c1cccnc1N. The zero-order chi connectivity index (χ0) is 27.1. The number of aromatic amines is 1. The van der Waals surface area contributed by atoms with Crippen molar-refractivity contribution < 1.29 is 13.5 Å². The van der Waals surface area contributed by atoms with Crippen molar-refractivity contribution in [3.05, 3.63) is 74.5 Å². The van der Waals surface area contributed by atoms with Gasteiger partial charge in [-0.05, 0) is 36.7 Å². The van der Waals surface area contributed by atoms with Crippen LogP contribution in [0.15, 0.2) is 41.5 Å². The van der Waals surface area contributed by atoms with E-state index in [-0.39, 0.29) is 45.2 Å². The van der Waals surface area contributed by atoms with E-state index in [1.165, 1.54) is 23.0 Å². The van der Waals surface area contributed by atoms with Crippen LogP contribution in [0.25, 0.3) is 32.9 Å². The lowest BCUT2D eigenvalue weighted by Gasteiger charge is -2.18. The Hall–Kier alpha value is -3.80. The molecule has 0 saturated carbocycles. The predicted molar refractivity (Wildman–Crippen MR) is 143 cm³/mol. The first kappa shape index (κ1) is 25.8. The van der Waals surface area contributed by atoms with E-state index in [4.69, 9.17) is 33.7 Å². The number of fused-ring (bicyclic) bond motifs is 2. The molecule has 0 unspecified atom stereocenters. The number of aryl methyl sites for hydroxylation is 1. The Balaban J connectivity index is 1.59. The van der Waals surface area contributed by atoms with Gasteiger partial charge >= 0.3 is 0 Å². The first-order valence-electron chi connectivity index (χ1n) is 11.5. The van der Waals surface area contributed by atoms with E-state index in [1.54, 1.807) is 19.3 Å². The second-order valence-corrected chi connectivity index (χ2v) is 9.28. The fourth-order valence-electron chi connectivity index (χ4n) is 4.42. The molecule has 3 aromatic heterocycles. The van der Waals surface area contributed by atoms with Gasteiger partial charge in [0.1, 0.15) is 29.1 Å². The van der Waals surface area contributed by atoms with Gasteiger partial charge in [-0.25, -0.2) is 18.7 Å². The van der Waals surface area contributed by atoms with Crippen LogP contribution in [0.1, 0.15) is 18.5 Å². The maximum absolute atomic E-state index is 16.0. The van der Waals surface area contributed by atoms with E-state index >= 15 is 8.78 Å². The molecule has 5 rings (SSSR count). The number of ether oxygens (including phenoxy) is 1. The molecule has 0 aliphatic carbocycles. The van der Waals surface area contributed by atoms with Crippen molar-refractivity contribution in [3.8, 4) is 16.9 Å². The Labute approximate surface area is 224 Å². The highest BCUT2D eigenvalue weighted by Crippen LogP contribution is 2.45. The van der Waals surface area contributed by atoms with E-state index in [0.29, 0.717) is 23.3 Å². The van der Waals surface area contributed by atoms with Crippen molar-refractivity contribution in [1.29, 1.82) is 0 Å². The summed E-state index contributed by atoms with van der Waals surface area (Å²) < 4.78 is 38.6. The van der Waals surface area contributed by atoms with Crippen LogP contribution in [-0.2, 0) is 7.05 Å². The molecule has 38 heavy (non-hydrogen) atoms. The van der Waals surface area contributed by atoms with Gasteiger partial charge in [0.05, 0.1) is 16.7 Å². The number of nitrogen functional groups attached to an aromatic ring is 1. The number of aromatic nitrogens is 5. The Morgan fingerprint density at radius 2 is 2.03 bits per heavy atom. The molecule has 0 fully saturated rings. The quantitative estimate of drug-likeness (QED) is 0.194. The summed E-state index contributed by atoms with van der Waals surface area (Å²) in [5.74, 6) is -1.52. The molecule has 4 N–H and O–H groups in total. The normalized spacial score (nSPS) is 12.4. The van der Waals surface area contributed by atoms with Crippen molar-refractivity contribution in [3.63, 3.8) is 0 Å². The summed E-state index contributed by atoms with van der Waals surface area (Å²) in [6.45, 7) is 2.22. The molecule has 0 amide bonds. The fourth-order valence-corrected chi connectivity index (χ4v) is 4.92. The second-order valence-electron chi connectivity index (χ2n) is 8.54. The summed E-state index contributed by atoms with van der Waals surface area (Å²) in [5.41, 5.74) is 5.41. The van der Waals surface area contributed by atoms with Crippen LogP contribution in [0.4, 0.5) is 14.6 Å². The molecule has 196 valence electrons. The summed E-state index contributed by atoms with van der Waals surface area (Å²) in [7, 11) is 1.59. The van der Waals surface area contributed by atoms with Gasteiger partial charge in [-0.1, -0.05) is 17.7 Å². The number of benzene rings is 2. The molecule has 0 aliphatic rings. The first-order valence-corrected chi connectivity index (χ1v) is 12.2. The third kappa shape index (κ3) is 4.42. The fraction of sp³-hybridized carbons (Fsp3) is 0.200. The molecule has 5 aromatic rings. The third-order valence-electron chi connectivity index (χ3n) is 6.20. The van der Waals surface area contributed by atoms with Crippen molar-refractivity contribution >= 4 is 50.8 Å². The Morgan fingerprint density at radius 3 is 2.79 bits per heavy atom. The summed E-state index contributed by atoms with van der Waals surface area (Å²) in [4.78, 5) is 23.2. The molecular formula is C25H21Cl2F2N7O2. The maximum Gasteiger partial charge on any atom is 0.263 e. The molecule has 0 radical (unpaired) electrons. The molecule has 9 nitrogen and oxygen atoms in total. The molecule has 1 atom stereocenters. The van der Waals surface area contributed by atoms with Crippen LogP contribution in [-0.4, -0.2) is 37.9 Å². The number of pyridine rings is 1.